The molecule has 0 atom stereocenters. The topological polar surface area (TPSA) is 79.5 Å². The van der Waals surface area contributed by atoms with Gasteiger partial charge in [-0.15, -0.1) is 11.3 Å². The maximum Gasteiger partial charge on any atom is 0.303 e. The number of carboxylic acids is 1. The van der Waals surface area contributed by atoms with Crippen LogP contribution in [0.15, 0.2) is 35.1 Å². The number of carboxylic acid groups (broad SMARTS) is 1. The number of phenolic OH excluding ortho intramolecular Hbond substituents is 1. The van der Waals surface area contributed by atoms with E-state index in [1.54, 1.807) is 24.3 Å². The molecule has 0 spiro atoms. The van der Waals surface area contributed by atoms with E-state index in [9.17, 15) is 14.7 Å². The summed E-state index contributed by atoms with van der Waals surface area (Å²) in [6, 6.07) is 7.99. The van der Waals surface area contributed by atoms with Crippen LogP contribution in [0.25, 0.3) is 10.4 Å². The van der Waals surface area contributed by atoms with E-state index in [1.807, 2.05) is 0 Å². The molecule has 110 valence electrons. The molecular weight excluding hydrogens is 310 g/mol. The molecule has 0 aliphatic carbocycles. The quantitative estimate of drug-likeness (QED) is 0.827. The lowest BCUT2D eigenvalue weighted by Crippen LogP contribution is -2.19. The second-order valence-electron chi connectivity index (χ2n) is 4.41. The lowest BCUT2D eigenvalue weighted by Gasteiger charge is -2.06. The van der Waals surface area contributed by atoms with E-state index in [0.29, 0.717) is 16.9 Å². The van der Waals surface area contributed by atoms with Gasteiger partial charge in [0.2, 0.25) is 0 Å². The van der Waals surface area contributed by atoms with Gasteiger partial charge in [-0.25, -0.2) is 0 Å². The van der Waals surface area contributed by atoms with Gasteiger partial charge in [-0.3, -0.25) is 14.2 Å². The molecule has 0 aliphatic rings. The van der Waals surface area contributed by atoms with Crippen LogP contribution in [0, 0.1) is 3.95 Å². The summed E-state index contributed by atoms with van der Waals surface area (Å²) < 4.78 is 1.82. The van der Waals surface area contributed by atoms with Gasteiger partial charge < -0.3 is 10.2 Å². The van der Waals surface area contributed by atoms with Crippen molar-refractivity contribution in [3.05, 3.63) is 44.6 Å². The van der Waals surface area contributed by atoms with Gasteiger partial charge in [-0.05, 0) is 48.5 Å². The minimum atomic E-state index is -0.890. The minimum absolute atomic E-state index is 0.00555. The number of phenols is 1. The van der Waals surface area contributed by atoms with Crippen molar-refractivity contribution in [2.45, 2.75) is 19.4 Å². The van der Waals surface area contributed by atoms with Gasteiger partial charge in [0.25, 0.3) is 5.56 Å². The van der Waals surface area contributed by atoms with Crippen molar-refractivity contribution in [3.63, 3.8) is 0 Å². The Morgan fingerprint density at radius 3 is 2.52 bits per heavy atom. The average Bonchev–Trinajstić information content (AvgIpc) is 2.42. The fourth-order valence-corrected chi connectivity index (χ4v) is 3.16. The van der Waals surface area contributed by atoms with E-state index in [1.165, 1.54) is 22.0 Å². The van der Waals surface area contributed by atoms with Crippen LogP contribution in [0.2, 0.25) is 0 Å². The van der Waals surface area contributed by atoms with Gasteiger partial charge >= 0.3 is 5.97 Å². The van der Waals surface area contributed by atoms with Gasteiger partial charge in [0.1, 0.15) is 5.75 Å². The van der Waals surface area contributed by atoms with Crippen LogP contribution in [-0.2, 0) is 11.3 Å². The molecule has 0 radical (unpaired) electrons. The highest BCUT2D eigenvalue weighted by molar-refractivity contribution is 7.73. The van der Waals surface area contributed by atoms with E-state index < -0.39 is 5.97 Å². The molecule has 0 amide bonds. The maximum atomic E-state index is 12.1. The molecular formula is C14H13NO4S2. The van der Waals surface area contributed by atoms with Crippen molar-refractivity contribution in [1.29, 1.82) is 0 Å². The smallest absolute Gasteiger partial charge is 0.303 e. The number of rotatable bonds is 5. The van der Waals surface area contributed by atoms with E-state index in [2.05, 4.69) is 0 Å². The van der Waals surface area contributed by atoms with Crippen LogP contribution in [-0.4, -0.2) is 20.7 Å². The zero-order chi connectivity index (χ0) is 15.4. The number of benzene rings is 1. The van der Waals surface area contributed by atoms with E-state index >= 15 is 0 Å². The van der Waals surface area contributed by atoms with Crippen molar-refractivity contribution < 1.29 is 15.0 Å². The first-order chi connectivity index (χ1) is 9.97. The third-order valence-electron chi connectivity index (χ3n) is 2.86. The largest absolute Gasteiger partial charge is 0.508 e. The molecule has 1 aromatic carbocycles. The molecule has 5 nitrogen and oxygen atoms in total. The number of nitrogens with zero attached hydrogens (tertiary/aromatic N) is 1. The Bertz CT molecular complexity index is 731. The summed E-state index contributed by atoms with van der Waals surface area (Å²) in [5, 5.41) is 17.9. The number of aromatic hydroxyl groups is 1. The second-order valence-corrected chi connectivity index (χ2v) is 6.09. The third-order valence-corrected chi connectivity index (χ3v) is 4.30. The molecule has 2 aromatic rings. The van der Waals surface area contributed by atoms with Crippen LogP contribution in [0.5, 0.6) is 5.75 Å². The summed E-state index contributed by atoms with van der Waals surface area (Å²) in [5.41, 5.74) is 0.561. The summed E-state index contributed by atoms with van der Waals surface area (Å²) in [4.78, 5) is 23.3. The van der Waals surface area contributed by atoms with E-state index in [0.717, 1.165) is 10.4 Å². The highest BCUT2D eigenvalue weighted by Gasteiger charge is 2.06. The second kappa shape index (κ2) is 6.64. The Morgan fingerprint density at radius 1 is 1.29 bits per heavy atom. The van der Waals surface area contributed by atoms with Crippen LogP contribution in [0.4, 0.5) is 0 Å². The van der Waals surface area contributed by atoms with Gasteiger partial charge in [-0.2, -0.15) is 0 Å². The zero-order valence-electron chi connectivity index (χ0n) is 11.0. The maximum absolute atomic E-state index is 12.1. The summed E-state index contributed by atoms with van der Waals surface area (Å²) >= 11 is 6.50. The molecule has 0 fully saturated rings. The lowest BCUT2D eigenvalue weighted by molar-refractivity contribution is -0.137. The molecule has 21 heavy (non-hydrogen) atoms. The fraction of sp³-hybridized carbons (Fsp3) is 0.214. The Hall–Kier alpha value is -1.99. The van der Waals surface area contributed by atoms with Crippen LogP contribution >= 0.6 is 23.6 Å². The molecule has 2 N–H and O–H groups in total. The Kier molecular flexibility index (Phi) is 4.87. The SMILES string of the molecule is O=C(O)CCCn1c(=O)cc(-c2ccc(O)cc2)sc1=S. The first-order valence-corrected chi connectivity index (χ1v) is 7.46. The molecule has 2 rings (SSSR count). The van der Waals surface area contributed by atoms with Gasteiger partial charge in [0, 0.05) is 23.9 Å². The van der Waals surface area contributed by atoms with Crippen molar-refractivity contribution in [3.8, 4) is 16.2 Å². The Balaban J connectivity index is 2.29. The van der Waals surface area contributed by atoms with Crippen molar-refractivity contribution >= 4 is 29.5 Å². The molecule has 1 aromatic heterocycles. The lowest BCUT2D eigenvalue weighted by atomic mass is 10.2. The molecule has 0 saturated carbocycles. The van der Waals surface area contributed by atoms with Gasteiger partial charge in [0.15, 0.2) is 3.95 Å². The van der Waals surface area contributed by atoms with Crippen molar-refractivity contribution in [2.75, 3.05) is 0 Å². The molecule has 1 heterocycles. The molecule has 7 heteroatoms. The zero-order valence-corrected chi connectivity index (χ0v) is 12.6. The molecule has 0 saturated heterocycles. The number of carbonyl (C=O) groups is 1. The van der Waals surface area contributed by atoms with Crippen LogP contribution < -0.4 is 5.56 Å². The number of hydrogen-bond donors (Lipinski definition) is 2. The minimum Gasteiger partial charge on any atom is -0.508 e. The number of hydrogen-bond acceptors (Lipinski definition) is 5. The van der Waals surface area contributed by atoms with E-state index in [4.69, 9.17) is 17.3 Å². The Labute approximate surface area is 129 Å². The molecule has 0 bridgehead atoms. The average molecular weight is 323 g/mol. The van der Waals surface area contributed by atoms with Crippen LogP contribution in [0.3, 0.4) is 0 Å². The highest BCUT2D eigenvalue weighted by Crippen LogP contribution is 2.24. The molecule has 0 aliphatic heterocycles. The van der Waals surface area contributed by atoms with Crippen molar-refractivity contribution in [1.82, 2.24) is 4.57 Å². The standard InChI is InChI=1S/C14H13NO4S2/c16-10-5-3-9(4-6-10)11-8-12(17)15(14(20)21-11)7-1-2-13(18)19/h3-6,8,16H,1-2,7H2,(H,18,19). The summed E-state index contributed by atoms with van der Waals surface area (Å²) in [5.74, 6) is -0.734. The first-order valence-electron chi connectivity index (χ1n) is 6.23. The van der Waals surface area contributed by atoms with Gasteiger partial charge in [0.05, 0.1) is 0 Å². The van der Waals surface area contributed by atoms with Crippen molar-refractivity contribution in [2.24, 2.45) is 0 Å². The number of aromatic nitrogens is 1. The monoisotopic (exact) mass is 323 g/mol. The predicted molar refractivity (Wildman–Crippen MR) is 83.4 cm³/mol. The normalized spacial score (nSPS) is 10.5. The fourth-order valence-electron chi connectivity index (χ4n) is 1.82. The highest BCUT2D eigenvalue weighted by atomic mass is 32.1. The summed E-state index contributed by atoms with van der Waals surface area (Å²) in [6.45, 7) is 0.302. The summed E-state index contributed by atoms with van der Waals surface area (Å²) in [7, 11) is 0. The first kappa shape index (κ1) is 15.4. The Morgan fingerprint density at radius 2 is 1.95 bits per heavy atom. The van der Waals surface area contributed by atoms with Crippen LogP contribution in [0.1, 0.15) is 12.8 Å². The predicted octanol–water partition coefficient (Wildman–Crippen LogP) is 2.88. The third kappa shape index (κ3) is 3.99. The van der Waals surface area contributed by atoms with E-state index in [-0.39, 0.29) is 17.7 Å². The molecule has 0 unspecified atom stereocenters. The summed E-state index contributed by atoms with van der Waals surface area (Å²) in [6.07, 6.45) is 0.371. The van der Waals surface area contributed by atoms with Gasteiger partial charge in [-0.1, -0.05) is 0 Å². The number of aliphatic carboxylic acids is 1.